The van der Waals surface area contributed by atoms with Crippen LogP contribution in [0.3, 0.4) is 0 Å². The fourth-order valence-electron chi connectivity index (χ4n) is 2.73. The lowest BCUT2D eigenvalue weighted by atomic mass is 9.98. The fraction of sp³-hybridized carbons (Fsp3) is 0.136. The Morgan fingerprint density at radius 1 is 1.04 bits per heavy atom. The van der Waals surface area contributed by atoms with Gasteiger partial charge in [0.05, 0.1) is 17.6 Å². The minimum absolute atomic E-state index is 0.103. The van der Waals surface area contributed by atoms with Gasteiger partial charge in [0.2, 0.25) is 0 Å². The van der Waals surface area contributed by atoms with E-state index < -0.39 is 17.6 Å². The summed E-state index contributed by atoms with van der Waals surface area (Å²) in [7, 11) is 2.83. The Hall–Kier alpha value is -3.01. The lowest BCUT2D eigenvalue weighted by Gasteiger charge is -2.09. The maximum Gasteiger partial charge on any atom is 0.338 e. The molecule has 0 spiro atoms. The molecule has 0 aliphatic rings. The quantitative estimate of drug-likeness (QED) is 0.451. The number of ether oxygens (including phenoxy) is 2. The molecule has 3 rings (SSSR count). The van der Waals surface area contributed by atoms with E-state index in [0.717, 1.165) is 6.07 Å². The van der Waals surface area contributed by atoms with E-state index in [0.29, 0.717) is 26.4 Å². The minimum Gasteiger partial charge on any atom is -0.465 e. The van der Waals surface area contributed by atoms with Crippen molar-refractivity contribution in [2.45, 2.75) is 0 Å². The summed E-state index contributed by atoms with van der Waals surface area (Å²) in [5.74, 6) is 3.40. The van der Waals surface area contributed by atoms with Gasteiger partial charge in [0.25, 0.3) is 0 Å². The summed E-state index contributed by atoms with van der Waals surface area (Å²) in [5.41, 5.74) is 1.46. The first-order valence-corrected chi connectivity index (χ1v) is 9.12. The van der Waals surface area contributed by atoms with E-state index in [4.69, 9.17) is 9.47 Å². The van der Waals surface area contributed by atoms with Crippen LogP contribution >= 0.6 is 11.3 Å². The first kappa shape index (κ1) is 19.7. The predicted octanol–water partition coefficient (Wildman–Crippen LogP) is 5.14. The van der Waals surface area contributed by atoms with Crippen molar-refractivity contribution in [2.24, 2.45) is 0 Å². The summed E-state index contributed by atoms with van der Waals surface area (Å²) < 4.78 is 38.1. The van der Waals surface area contributed by atoms with E-state index in [2.05, 4.69) is 11.8 Å². The maximum absolute atomic E-state index is 14.5. The molecule has 0 saturated heterocycles. The van der Waals surface area contributed by atoms with E-state index >= 15 is 0 Å². The van der Waals surface area contributed by atoms with Crippen LogP contribution in [0.15, 0.2) is 48.5 Å². The molecule has 0 amide bonds. The standard InChI is InChI=1S/C22H16F2O3S/c1-26-12-6-7-14-13-18(15-10-5-11-19(23)20(15)24)21(28-14)16-8-3-4-9-17(16)22(25)27-2/h3-5,8-11,13H,12H2,1-2H3. The van der Waals surface area contributed by atoms with Gasteiger partial charge < -0.3 is 9.47 Å². The Morgan fingerprint density at radius 2 is 1.79 bits per heavy atom. The second-order valence-corrected chi connectivity index (χ2v) is 6.78. The number of methoxy groups -OCH3 is 2. The predicted molar refractivity (Wildman–Crippen MR) is 105 cm³/mol. The van der Waals surface area contributed by atoms with Crippen LogP contribution in [0, 0.1) is 23.5 Å². The topological polar surface area (TPSA) is 35.5 Å². The molecule has 3 aromatic rings. The van der Waals surface area contributed by atoms with Gasteiger partial charge >= 0.3 is 5.97 Å². The molecule has 3 nitrogen and oxygen atoms in total. The lowest BCUT2D eigenvalue weighted by Crippen LogP contribution is -2.03. The number of thiophene rings is 1. The molecule has 0 unspecified atom stereocenters. The van der Waals surface area contributed by atoms with Crippen LogP contribution in [-0.2, 0) is 9.47 Å². The van der Waals surface area contributed by atoms with Gasteiger partial charge in [-0.2, -0.15) is 0 Å². The molecule has 0 bridgehead atoms. The number of esters is 1. The maximum atomic E-state index is 14.5. The second-order valence-electron chi connectivity index (χ2n) is 5.73. The fourth-order valence-corrected chi connectivity index (χ4v) is 3.82. The molecule has 0 N–H and O–H groups in total. The molecule has 142 valence electrons. The van der Waals surface area contributed by atoms with Crippen molar-refractivity contribution in [3.63, 3.8) is 0 Å². The summed E-state index contributed by atoms with van der Waals surface area (Å²) in [6.45, 7) is 0.246. The van der Waals surface area contributed by atoms with Crippen LogP contribution in [-0.4, -0.2) is 26.8 Å². The van der Waals surface area contributed by atoms with Crippen LogP contribution < -0.4 is 0 Å². The SMILES string of the molecule is COCC#Cc1cc(-c2cccc(F)c2F)c(-c2ccccc2C(=O)OC)s1. The summed E-state index contributed by atoms with van der Waals surface area (Å²) in [6.07, 6.45) is 0. The molecule has 28 heavy (non-hydrogen) atoms. The summed E-state index contributed by atoms with van der Waals surface area (Å²) in [6, 6.07) is 12.5. The minimum atomic E-state index is -0.950. The zero-order valence-corrected chi connectivity index (χ0v) is 16.0. The highest BCUT2D eigenvalue weighted by atomic mass is 32.1. The van der Waals surface area contributed by atoms with E-state index in [9.17, 15) is 13.6 Å². The Kier molecular flexibility index (Phi) is 6.19. The summed E-state index contributed by atoms with van der Waals surface area (Å²) in [4.78, 5) is 13.4. The molecule has 0 saturated carbocycles. The third-order valence-corrected chi connectivity index (χ3v) is 5.06. The highest BCUT2D eigenvalue weighted by molar-refractivity contribution is 7.16. The van der Waals surface area contributed by atoms with Gasteiger partial charge in [0, 0.05) is 28.7 Å². The molecule has 0 radical (unpaired) electrons. The third-order valence-electron chi connectivity index (χ3n) is 3.98. The highest BCUT2D eigenvalue weighted by Gasteiger charge is 2.21. The molecule has 0 aliphatic carbocycles. The highest BCUT2D eigenvalue weighted by Crippen LogP contribution is 2.41. The Labute approximate surface area is 165 Å². The van der Waals surface area contributed by atoms with E-state index in [1.165, 1.54) is 37.7 Å². The van der Waals surface area contributed by atoms with Crippen molar-refractivity contribution < 1.29 is 23.0 Å². The average molecular weight is 398 g/mol. The van der Waals surface area contributed by atoms with E-state index in [-0.39, 0.29) is 12.2 Å². The van der Waals surface area contributed by atoms with E-state index in [1.54, 1.807) is 30.3 Å². The van der Waals surface area contributed by atoms with Gasteiger partial charge in [-0.05, 0) is 18.2 Å². The van der Waals surface area contributed by atoms with Crippen LogP contribution in [0.2, 0.25) is 0 Å². The van der Waals surface area contributed by atoms with Gasteiger partial charge in [0.1, 0.15) is 6.61 Å². The van der Waals surface area contributed by atoms with Gasteiger partial charge in [-0.25, -0.2) is 13.6 Å². The monoisotopic (exact) mass is 398 g/mol. The smallest absolute Gasteiger partial charge is 0.338 e. The van der Waals surface area contributed by atoms with Crippen LogP contribution in [0.5, 0.6) is 0 Å². The first-order valence-electron chi connectivity index (χ1n) is 8.30. The van der Waals surface area contributed by atoms with Crippen LogP contribution in [0.4, 0.5) is 8.78 Å². The van der Waals surface area contributed by atoms with Gasteiger partial charge in [0.15, 0.2) is 11.6 Å². The molecular formula is C22H16F2O3S. The number of hydrogen-bond acceptors (Lipinski definition) is 4. The molecule has 2 aromatic carbocycles. The van der Waals surface area contributed by atoms with Gasteiger partial charge in [-0.3, -0.25) is 0 Å². The lowest BCUT2D eigenvalue weighted by molar-refractivity contribution is 0.0601. The molecule has 1 aromatic heterocycles. The molecule has 0 fully saturated rings. The Bertz CT molecular complexity index is 1080. The van der Waals surface area contributed by atoms with Crippen molar-refractivity contribution in [3.05, 3.63) is 70.6 Å². The van der Waals surface area contributed by atoms with E-state index in [1.807, 2.05) is 0 Å². The molecular weight excluding hydrogens is 382 g/mol. The van der Waals surface area contributed by atoms with Crippen molar-refractivity contribution in [2.75, 3.05) is 20.8 Å². The zero-order chi connectivity index (χ0) is 20.1. The van der Waals surface area contributed by atoms with Crippen molar-refractivity contribution in [1.82, 2.24) is 0 Å². The largest absolute Gasteiger partial charge is 0.465 e. The van der Waals surface area contributed by atoms with Gasteiger partial charge in [-0.15, -0.1) is 11.3 Å². The number of hydrogen-bond donors (Lipinski definition) is 0. The third kappa shape index (κ3) is 3.96. The Balaban J connectivity index is 2.25. The molecule has 1 heterocycles. The van der Waals surface area contributed by atoms with Crippen molar-refractivity contribution in [3.8, 4) is 33.4 Å². The number of carbonyl (C=O) groups is 1. The number of halogens is 2. The van der Waals surface area contributed by atoms with Crippen LogP contribution in [0.25, 0.3) is 21.6 Å². The van der Waals surface area contributed by atoms with Gasteiger partial charge in [-0.1, -0.05) is 42.2 Å². The number of carbonyl (C=O) groups excluding carboxylic acids is 1. The first-order chi connectivity index (χ1) is 13.6. The molecule has 0 atom stereocenters. The number of rotatable bonds is 4. The average Bonchev–Trinajstić information content (AvgIpc) is 3.13. The molecule has 6 heteroatoms. The Morgan fingerprint density at radius 3 is 2.54 bits per heavy atom. The summed E-state index contributed by atoms with van der Waals surface area (Å²) >= 11 is 1.29. The van der Waals surface area contributed by atoms with Crippen LogP contribution in [0.1, 0.15) is 15.2 Å². The number of benzene rings is 2. The normalized spacial score (nSPS) is 10.3. The molecule has 0 aliphatic heterocycles. The zero-order valence-electron chi connectivity index (χ0n) is 15.2. The van der Waals surface area contributed by atoms with Crippen molar-refractivity contribution >= 4 is 17.3 Å². The second kappa shape index (κ2) is 8.79. The van der Waals surface area contributed by atoms with Crippen molar-refractivity contribution in [1.29, 1.82) is 0 Å². The summed E-state index contributed by atoms with van der Waals surface area (Å²) in [5, 5.41) is 0.